The van der Waals surface area contributed by atoms with Gasteiger partial charge in [0, 0.05) is 24.7 Å². The van der Waals surface area contributed by atoms with E-state index in [1.165, 1.54) is 4.31 Å². The molecule has 0 spiro atoms. The van der Waals surface area contributed by atoms with Gasteiger partial charge in [-0.3, -0.25) is 9.10 Å². The Balaban J connectivity index is 1.64. The van der Waals surface area contributed by atoms with Crippen molar-refractivity contribution >= 4 is 27.3 Å². The fourth-order valence-corrected chi connectivity index (χ4v) is 4.45. The molecule has 2 aromatic carbocycles. The number of anilines is 2. The molecule has 2 aromatic rings. The van der Waals surface area contributed by atoms with Crippen molar-refractivity contribution in [3.05, 3.63) is 47.0 Å². The number of sulfonamides is 1. The summed E-state index contributed by atoms with van der Waals surface area (Å²) in [7, 11) is -3.51. The van der Waals surface area contributed by atoms with Gasteiger partial charge in [-0.05, 0) is 50.5 Å². The lowest BCUT2D eigenvalue weighted by Gasteiger charge is -2.22. The van der Waals surface area contributed by atoms with Crippen LogP contribution in [0, 0.1) is 20.8 Å². The maximum atomic E-state index is 12.4. The number of benzene rings is 2. The molecule has 0 fully saturated rings. The number of ether oxygens (including phenoxy) is 2. The van der Waals surface area contributed by atoms with E-state index in [0.717, 1.165) is 28.6 Å². The van der Waals surface area contributed by atoms with Crippen LogP contribution in [0.15, 0.2) is 30.3 Å². The fraction of sp³-hybridized carbons (Fsp3) is 0.381. The fourth-order valence-electron chi connectivity index (χ4n) is 3.49. The summed E-state index contributed by atoms with van der Waals surface area (Å²) in [6.07, 6.45) is 1.75. The second-order valence-electron chi connectivity index (χ2n) is 7.30. The van der Waals surface area contributed by atoms with Crippen LogP contribution in [0.2, 0.25) is 0 Å². The van der Waals surface area contributed by atoms with Gasteiger partial charge < -0.3 is 14.8 Å². The number of aryl methyl sites for hydroxylation is 3. The van der Waals surface area contributed by atoms with Gasteiger partial charge in [-0.25, -0.2) is 8.42 Å². The maximum absolute atomic E-state index is 12.4. The highest BCUT2D eigenvalue weighted by molar-refractivity contribution is 7.92. The van der Waals surface area contributed by atoms with Crippen molar-refractivity contribution < 1.29 is 22.7 Å². The SMILES string of the molecule is Cc1cc(C)c(NC(=O)CCCN(c2ccc3c(c2)OCO3)S(C)(=O)=O)c(C)c1. The molecule has 7 nitrogen and oxygen atoms in total. The topological polar surface area (TPSA) is 84.9 Å². The van der Waals surface area contributed by atoms with Gasteiger partial charge >= 0.3 is 0 Å². The summed E-state index contributed by atoms with van der Waals surface area (Å²) in [5.74, 6) is 0.962. The summed E-state index contributed by atoms with van der Waals surface area (Å²) >= 11 is 0. The first-order chi connectivity index (χ1) is 13.6. The summed E-state index contributed by atoms with van der Waals surface area (Å²) in [5, 5.41) is 2.95. The molecule has 0 bridgehead atoms. The lowest BCUT2D eigenvalue weighted by atomic mass is 10.0. The molecule has 0 radical (unpaired) electrons. The minimum atomic E-state index is -3.51. The Hall–Kier alpha value is -2.74. The Morgan fingerprint density at radius 2 is 1.72 bits per heavy atom. The Morgan fingerprint density at radius 3 is 2.38 bits per heavy atom. The molecule has 156 valence electrons. The molecule has 0 aliphatic carbocycles. The third kappa shape index (κ3) is 5.00. The number of nitrogens with one attached hydrogen (secondary N) is 1. The van der Waals surface area contributed by atoms with Crippen molar-refractivity contribution in [1.82, 2.24) is 0 Å². The lowest BCUT2D eigenvalue weighted by Crippen LogP contribution is -2.31. The van der Waals surface area contributed by atoms with Crippen LogP contribution in [0.25, 0.3) is 0 Å². The largest absolute Gasteiger partial charge is 0.454 e. The summed E-state index contributed by atoms with van der Waals surface area (Å²) < 4.78 is 36.4. The Labute approximate surface area is 171 Å². The zero-order chi connectivity index (χ0) is 21.2. The van der Waals surface area contributed by atoms with E-state index in [-0.39, 0.29) is 25.7 Å². The molecule has 1 aliphatic heterocycles. The highest BCUT2D eigenvalue weighted by Crippen LogP contribution is 2.36. The Bertz CT molecular complexity index is 1010. The van der Waals surface area contributed by atoms with Gasteiger partial charge in [0.25, 0.3) is 0 Å². The van der Waals surface area contributed by atoms with E-state index in [9.17, 15) is 13.2 Å². The minimum Gasteiger partial charge on any atom is -0.454 e. The van der Waals surface area contributed by atoms with Crippen molar-refractivity contribution in [3.63, 3.8) is 0 Å². The van der Waals surface area contributed by atoms with Crippen molar-refractivity contribution in [2.24, 2.45) is 0 Å². The average molecular weight is 419 g/mol. The Kier molecular flexibility index (Phi) is 6.02. The quantitative estimate of drug-likeness (QED) is 0.744. The first kappa shape index (κ1) is 21.0. The number of hydrogen-bond donors (Lipinski definition) is 1. The first-order valence-electron chi connectivity index (χ1n) is 9.40. The molecule has 0 aromatic heterocycles. The van der Waals surface area contributed by atoms with Crippen LogP contribution >= 0.6 is 0 Å². The monoisotopic (exact) mass is 418 g/mol. The lowest BCUT2D eigenvalue weighted by molar-refractivity contribution is -0.116. The third-order valence-corrected chi connectivity index (χ3v) is 5.95. The van der Waals surface area contributed by atoms with Crippen LogP contribution in [-0.2, 0) is 14.8 Å². The van der Waals surface area contributed by atoms with E-state index >= 15 is 0 Å². The van der Waals surface area contributed by atoms with Gasteiger partial charge in [0.1, 0.15) is 0 Å². The number of rotatable bonds is 7. The van der Waals surface area contributed by atoms with Crippen molar-refractivity contribution in [1.29, 1.82) is 0 Å². The number of hydrogen-bond acceptors (Lipinski definition) is 5. The molecule has 0 saturated heterocycles. The van der Waals surface area contributed by atoms with Gasteiger partial charge in [0.2, 0.25) is 22.7 Å². The highest BCUT2D eigenvalue weighted by Gasteiger charge is 2.21. The average Bonchev–Trinajstić information content (AvgIpc) is 3.08. The first-order valence-corrected chi connectivity index (χ1v) is 11.2. The van der Waals surface area contributed by atoms with Crippen LogP contribution in [0.4, 0.5) is 11.4 Å². The third-order valence-electron chi connectivity index (χ3n) is 4.75. The molecular weight excluding hydrogens is 392 g/mol. The second-order valence-corrected chi connectivity index (χ2v) is 9.20. The summed E-state index contributed by atoms with van der Waals surface area (Å²) in [5.41, 5.74) is 4.46. The minimum absolute atomic E-state index is 0.121. The van der Waals surface area contributed by atoms with E-state index in [2.05, 4.69) is 5.32 Å². The molecule has 0 atom stereocenters. The molecule has 1 N–H and O–H groups in total. The van der Waals surface area contributed by atoms with Crippen LogP contribution in [0.3, 0.4) is 0 Å². The van der Waals surface area contributed by atoms with Crippen molar-refractivity contribution in [3.8, 4) is 11.5 Å². The number of carbonyl (C=O) groups excluding carboxylic acids is 1. The van der Waals surface area contributed by atoms with E-state index in [0.29, 0.717) is 23.6 Å². The standard InChI is InChI=1S/C21H26N2O5S/c1-14-10-15(2)21(16(3)11-14)22-20(24)6-5-9-23(29(4,25)26)17-7-8-18-19(12-17)28-13-27-18/h7-8,10-12H,5-6,9,13H2,1-4H3,(H,22,24). The van der Waals surface area contributed by atoms with E-state index < -0.39 is 10.0 Å². The van der Waals surface area contributed by atoms with Crippen LogP contribution in [-0.4, -0.2) is 33.9 Å². The molecule has 1 amide bonds. The van der Waals surface area contributed by atoms with Gasteiger partial charge in [0.15, 0.2) is 11.5 Å². The number of fused-ring (bicyclic) bond motifs is 1. The van der Waals surface area contributed by atoms with Crippen LogP contribution in [0.1, 0.15) is 29.5 Å². The normalized spacial score (nSPS) is 12.7. The van der Waals surface area contributed by atoms with Crippen LogP contribution < -0.4 is 19.1 Å². The summed E-state index contributed by atoms with van der Waals surface area (Å²) in [6.45, 7) is 6.25. The zero-order valence-electron chi connectivity index (χ0n) is 17.1. The van der Waals surface area contributed by atoms with Gasteiger partial charge in [-0.2, -0.15) is 0 Å². The molecule has 3 rings (SSSR count). The van der Waals surface area contributed by atoms with Gasteiger partial charge in [-0.1, -0.05) is 17.7 Å². The van der Waals surface area contributed by atoms with Crippen molar-refractivity contribution in [2.75, 3.05) is 29.2 Å². The number of amides is 1. The molecule has 1 aliphatic rings. The number of nitrogens with zero attached hydrogens (tertiary/aromatic N) is 1. The van der Waals surface area contributed by atoms with Crippen molar-refractivity contribution in [2.45, 2.75) is 33.6 Å². The maximum Gasteiger partial charge on any atom is 0.232 e. The molecule has 29 heavy (non-hydrogen) atoms. The highest BCUT2D eigenvalue weighted by atomic mass is 32.2. The summed E-state index contributed by atoms with van der Waals surface area (Å²) in [6, 6.07) is 9.04. The Morgan fingerprint density at radius 1 is 1.07 bits per heavy atom. The second kappa shape index (κ2) is 8.32. The van der Waals surface area contributed by atoms with Gasteiger partial charge in [0.05, 0.1) is 11.9 Å². The van der Waals surface area contributed by atoms with E-state index in [1.807, 2.05) is 32.9 Å². The predicted molar refractivity (Wildman–Crippen MR) is 113 cm³/mol. The van der Waals surface area contributed by atoms with E-state index in [1.54, 1.807) is 18.2 Å². The predicted octanol–water partition coefficient (Wildman–Crippen LogP) is 3.53. The molecule has 0 unspecified atom stereocenters. The molecular formula is C21H26N2O5S. The molecule has 8 heteroatoms. The van der Waals surface area contributed by atoms with Crippen LogP contribution in [0.5, 0.6) is 11.5 Å². The number of carbonyl (C=O) groups is 1. The smallest absolute Gasteiger partial charge is 0.232 e. The summed E-state index contributed by atoms with van der Waals surface area (Å²) in [4.78, 5) is 12.4. The van der Waals surface area contributed by atoms with E-state index in [4.69, 9.17) is 9.47 Å². The molecule has 0 saturated carbocycles. The zero-order valence-corrected chi connectivity index (χ0v) is 17.9. The van der Waals surface area contributed by atoms with Gasteiger partial charge in [-0.15, -0.1) is 0 Å². The molecule has 1 heterocycles.